The summed E-state index contributed by atoms with van der Waals surface area (Å²) >= 11 is 1.71. The average molecular weight is 220 g/mol. The van der Waals surface area contributed by atoms with E-state index in [2.05, 4.69) is 54.7 Å². The second kappa shape index (κ2) is 5.28. The van der Waals surface area contributed by atoms with Gasteiger partial charge in [-0.05, 0) is 10.8 Å². The highest BCUT2D eigenvalue weighted by Crippen LogP contribution is 2.10. The van der Waals surface area contributed by atoms with Gasteiger partial charge in [0.25, 0.3) is 0 Å². The fourth-order valence-electron chi connectivity index (χ4n) is 0.883. The van der Waals surface area contributed by atoms with Gasteiger partial charge in [0, 0.05) is 5.75 Å². The molecule has 0 atom stereocenters. The summed E-state index contributed by atoms with van der Waals surface area (Å²) in [4.78, 5) is 0. The smallest absolute Gasteiger partial charge is 0.120 e. The maximum absolute atomic E-state index is 3.34. The van der Waals surface area contributed by atoms with Crippen LogP contribution in [0.4, 0.5) is 0 Å². The van der Waals surface area contributed by atoms with Crippen LogP contribution in [0.5, 0.6) is 0 Å². The lowest BCUT2D eigenvalue weighted by Crippen LogP contribution is -2.15. The van der Waals surface area contributed by atoms with E-state index in [0.29, 0.717) is 0 Å². The summed E-state index contributed by atoms with van der Waals surface area (Å²) in [7, 11) is -1.18. The van der Waals surface area contributed by atoms with Gasteiger partial charge in [0.2, 0.25) is 0 Å². The third-order valence-corrected chi connectivity index (χ3v) is 3.36. The molecule has 74 valence electrons. The lowest BCUT2D eigenvalue weighted by Gasteiger charge is -2.02. The first kappa shape index (κ1) is 11.4. The topological polar surface area (TPSA) is 0 Å². The Balaban J connectivity index is 2.39. The van der Waals surface area contributed by atoms with Crippen molar-refractivity contribution in [2.24, 2.45) is 0 Å². The third kappa shape index (κ3) is 5.16. The first-order chi connectivity index (χ1) is 6.58. The van der Waals surface area contributed by atoms with Crippen LogP contribution in [0.25, 0.3) is 0 Å². The van der Waals surface area contributed by atoms with E-state index >= 15 is 0 Å². The van der Waals surface area contributed by atoms with Crippen LogP contribution >= 0.6 is 11.8 Å². The number of thioether (sulfide) groups is 1. The Bertz CT molecular complexity index is 327. The van der Waals surface area contributed by atoms with Crippen molar-refractivity contribution < 1.29 is 0 Å². The summed E-state index contributed by atoms with van der Waals surface area (Å²) in [5.74, 6) is 0.998. The van der Waals surface area contributed by atoms with Crippen molar-refractivity contribution in [1.29, 1.82) is 0 Å². The highest BCUT2D eigenvalue weighted by Gasteiger charge is 2.07. The molecule has 0 saturated heterocycles. The van der Waals surface area contributed by atoms with E-state index in [1.54, 1.807) is 11.8 Å². The highest BCUT2D eigenvalue weighted by molar-refractivity contribution is 8.03. The molecule has 0 saturated carbocycles. The molecule has 0 aromatic heterocycles. The van der Waals surface area contributed by atoms with Gasteiger partial charge >= 0.3 is 0 Å². The third-order valence-electron chi connectivity index (χ3n) is 1.58. The Labute approximate surface area is 92.1 Å². The van der Waals surface area contributed by atoms with Gasteiger partial charge in [-0.1, -0.05) is 61.7 Å². The Morgan fingerprint density at radius 2 is 1.79 bits per heavy atom. The summed E-state index contributed by atoms with van der Waals surface area (Å²) < 4.78 is 0. The van der Waals surface area contributed by atoms with Crippen LogP contribution in [0.15, 0.2) is 30.3 Å². The lowest BCUT2D eigenvalue weighted by molar-refractivity contribution is 1.42. The molecular formula is C12H16SSi. The molecule has 14 heavy (non-hydrogen) atoms. The standard InChI is InChI=1S/C12H16SSi/c1-14(2,3)10-9-13-11-12-7-5-4-6-8-12/h4-8H,11H2,1-3H3. The number of hydrogen-bond donors (Lipinski definition) is 0. The number of hydrogen-bond acceptors (Lipinski definition) is 1. The van der Waals surface area contributed by atoms with E-state index in [0.717, 1.165) is 5.75 Å². The Hall–Kier alpha value is -0.653. The molecule has 1 aromatic carbocycles. The van der Waals surface area contributed by atoms with Gasteiger partial charge in [-0.2, -0.15) is 0 Å². The van der Waals surface area contributed by atoms with E-state index < -0.39 is 8.07 Å². The molecule has 0 aliphatic rings. The summed E-state index contributed by atoms with van der Waals surface area (Å²) in [5.41, 5.74) is 4.69. The summed E-state index contributed by atoms with van der Waals surface area (Å²) in [6.45, 7) is 6.80. The van der Waals surface area contributed by atoms with Crippen LogP contribution in [-0.2, 0) is 5.75 Å². The molecule has 0 spiro atoms. The van der Waals surface area contributed by atoms with Crippen LogP contribution < -0.4 is 0 Å². The molecule has 1 aromatic rings. The zero-order valence-electron chi connectivity index (χ0n) is 9.00. The molecule has 0 nitrogen and oxygen atoms in total. The van der Waals surface area contributed by atoms with E-state index in [9.17, 15) is 0 Å². The fraction of sp³-hybridized carbons (Fsp3) is 0.333. The van der Waals surface area contributed by atoms with Gasteiger partial charge in [-0.3, -0.25) is 0 Å². The van der Waals surface area contributed by atoms with E-state index in [4.69, 9.17) is 0 Å². The molecule has 0 heterocycles. The molecule has 0 amide bonds. The predicted octanol–water partition coefficient (Wildman–Crippen LogP) is 3.76. The minimum Gasteiger partial charge on any atom is -0.120 e. The van der Waals surface area contributed by atoms with E-state index in [1.807, 2.05) is 6.07 Å². The van der Waals surface area contributed by atoms with Gasteiger partial charge in [0.1, 0.15) is 8.07 Å². The van der Waals surface area contributed by atoms with Crippen LogP contribution in [0, 0.1) is 10.8 Å². The highest BCUT2D eigenvalue weighted by atomic mass is 32.2. The van der Waals surface area contributed by atoms with Gasteiger partial charge in [-0.25, -0.2) is 0 Å². The zero-order valence-corrected chi connectivity index (χ0v) is 10.8. The largest absolute Gasteiger partial charge is 0.130 e. The Morgan fingerprint density at radius 1 is 1.14 bits per heavy atom. The molecule has 2 heteroatoms. The minimum absolute atomic E-state index is 0.998. The van der Waals surface area contributed by atoms with Gasteiger partial charge in [0.05, 0.1) is 0 Å². The molecular weight excluding hydrogens is 204 g/mol. The van der Waals surface area contributed by atoms with Crippen molar-refractivity contribution in [3.63, 3.8) is 0 Å². The predicted molar refractivity (Wildman–Crippen MR) is 68.9 cm³/mol. The Morgan fingerprint density at radius 3 is 2.36 bits per heavy atom. The molecule has 0 bridgehead atoms. The maximum Gasteiger partial charge on any atom is 0.130 e. The summed E-state index contributed by atoms with van der Waals surface area (Å²) in [5, 5.41) is 3.20. The van der Waals surface area contributed by atoms with Gasteiger partial charge < -0.3 is 0 Å². The second-order valence-electron chi connectivity index (χ2n) is 4.25. The first-order valence-electron chi connectivity index (χ1n) is 4.76. The summed E-state index contributed by atoms with van der Waals surface area (Å²) in [6.07, 6.45) is 0. The second-order valence-corrected chi connectivity index (χ2v) is 9.78. The SMILES string of the molecule is C[Si](C)(C)C#CSCc1ccccc1. The average Bonchev–Trinajstić information content (AvgIpc) is 2.13. The molecule has 0 N–H and O–H groups in total. The van der Waals surface area contributed by atoms with Crippen molar-refractivity contribution >= 4 is 19.8 Å². The molecule has 0 aliphatic heterocycles. The quantitative estimate of drug-likeness (QED) is 0.540. The zero-order chi connectivity index (χ0) is 10.4. The molecule has 0 radical (unpaired) electrons. The van der Waals surface area contributed by atoms with Crippen LogP contribution in [-0.4, -0.2) is 8.07 Å². The van der Waals surface area contributed by atoms with Crippen molar-refractivity contribution in [2.75, 3.05) is 0 Å². The Kier molecular flexibility index (Phi) is 4.31. The number of rotatable bonds is 2. The van der Waals surface area contributed by atoms with E-state index in [-0.39, 0.29) is 0 Å². The summed E-state index contributed by atoms with van der Waals surface area (Å²) in [6, 6.07) is 10.5. The van der Waals surface area contributed by atoms with Crippen molar-refractivity contribution in [3.05, 3.63) is 35.9 Å². The lowest BCUT2D eigenvalue weighted by atomic mass is 10.2. The van der Waals surface area contributed by atoms with Crippen LogP contribution in [0.2, 0.25) is 19.6 Å². The minimum atomic E-state index is -1.18. The van der Waals surface area contributed by atoms with Crippen molar-refractivity contribution in [2.45, 2.75) is 25.4 Å². The van der Waals surface area contributed by atoms with Gasteiger partial charge in [0.15, 0.2) is 0 Å². The fourth-order valence-corrected chi connectivity index (χ4v) is 2.83. The first-order valence-corrected chi connectivity index (χ1v) is 9.24. The van der Waals surface area contributed by atoms with Crippen molar-refractivity contribution in [3.8, 4) is 10.8 Å². The molecule has 0 fully saturated rings. The van der Waals surface area contributed by atoms with Crippen LogP contribution in [0.1, 0.15) is 5.56 Å². The van der Waals surface area contributed by atoms with Crippen LogP contribution in [0.3, 0.4) is 0 Å². The monoisotopic (exact) mass is 220 g/mol. The maximum atomic E-state index is 3.34. The molecule has 0 aliphatic carbocycles. The number of benzene rings is 1. The van der Waals surface area contributed by atoms with Crippen molar-refractivity contribution in [1.82, 2.24) is 0 Å². The van der Waals surface area contributed by atoms with Gasteiger partial charge in [-0.15, -0.1) is 5.54 Å². The molecule has 1 rings (SSSR count). The normalized spacial score (nSPS) is 10.5. The van der Waals surface area contributed by atoms with E-state index in [1.165, 1.54) is 5.56 Å². The molecule has 0 unspecified atom stereocenters.